The molecule has 2 aromatic heterocycles. The maximum Gasteiger partial charge on any atom is 0.309 e. The van der Waals surface area contributed by atoms with Gasteiger partial charge in [0, 0.05) is 16.1 Å². The molecule has 0 atom stereocenters. The van der Waals surface area contributed by atoms with Crippen LogP contribution in [0.5, 0.6) is 0 Å². The number of carboxylic acids is 1. The fraction of sp³-hybridized carbons (Fsp3) is 0.0769. The van der Waals surface area contributed by atoms with Gasteiger partial charge in [0.2, 0.25) is 0 Å². The molecule has 0 aliphatic carbocycles. The number of benzene rings is 1. The van der Waals surface area contributed by atoms with Crippen molar-refractivity contribution in [1.29, 1.82) is 0 Å². The lowest BCUT2D eigenvalue weighted by atomic mass is 10.2. The second-order valence-electron chi connectivity index (χ2n) is 4.23. The summed E-state index contributed by atoms with van der Waals surface area (Å²) in [5.74, 6) is -0.933. The average molecular weight is 333 g/mol. The fourth-order valence-corrected chi connectivity index (χ4v) is 2.30. The van der Waals surface area contributed by atoms with Crippen molar-refractivity contribution in [2.45, 2.75) is 6.42 Å². The second-order valence-corrected chi connectivity index (χ2v) is 5.14. The van der Waals surface area contributed by atoms with E-state index in [9.17, 15) is 4.79 Å². The van der Waals surface area contributed by atoms with Gasteiger partial charge in [0.15, 0.2) is 0 Å². The van der Waals surface area contributed by atoms with Gasteiger partial charge in [-0.25, -0.2) is 4.68 Å². The predicted molar refractivity (Wildman–Crippen MR) is 75.7 cm³/mol. The molecular formula is C13H9BrN4O2. The number of rotatable bonds is 3. The molecule has 7 heteroatoms. The van der Waals surface area contributed by atoms with Crippen LogP contribution in [0.4, 0.5) is 0 Å². The van der Waals surface area contributed by atoms with E-state index in [-0.39, 0.29) is 6.42 Å². The highest BCUT2D eigenvalue weighted by molar-refractivity contribution is 9.10. The Labute approximate surface area is 122 Å². The highest BCUT2D eigenvalue weighted by Crippen LogP contribution is 2.22. The zero-order chi connectivity index (χ0) is 14.1. The Hall–Kier alpha value is -2.28. The van der Waals surface area contributed by atoms with E-state index in [1.807, 2.05) is 24.3 Å². The van der Waals surface area contributed by atoms with E-state index >= 15 is 0 Å². The molecule has 1 N–H and O–H groups in total. The lowest BCUT2D eigenvalue weighted by Crippen LogP contribution is -2.00. The molecular weight excluding hydrogens is 324 g/mol. The summed E-state index contributed by atoms with van der Waals surface area (Å²) in [7, 11) is 0. The molecule has 100 valence electrons. The summed E-state index contributed by atoms with van der Waals surface area (Å²) in [4.78, 5) is 15.0. The van der Waals surface area contributed by atoms with Crippen LogP contribution in [0.2, 0.25) is 0 Å². The molecule has 3 aromatic rings. The fourth-order valence-electron chi connectivity index (χ4n) is 1.95. The normalized spacial score (nSPS) is 10.8. The van der Waals surface area contributed by atoms with Crippen molar-refractivity contribution in [3.8, 4) is 5.69 Å². The number of aliphatic carboxylic acids is 1. The number of carboxylic acid groups (broad SMARTS) is 1. The molecule has 0 aliphatic rings. The molecule has 0 saturated carbocycles. The monoisotopic (exact) mass is 332 g/mol. The summed E-state index contributed by atoms with van der Waals surface area (Å²) in [6.07, 6.45) is 3.16. The van der Waals surface area contributed by atoms with Gasteiger partial charge in [0.1, 0.15) is 0 Å². The standard InChI is InChI=1S/C13H9BrN4O2/c14-9-4-8-2-1-3-11(13(8)15-6-9)18-7-10(16-17-18)5-12(19)20/h1-4,6-7H,5H2,(H,19,20). The van der Waals surface area contributed by atoms with Crippen molar-refractivity contribution in [2.24, 2.45) is 0 Å². The number of halogens is 1. The maximum atomic E-state index is 10.7. The Morgan fingerprint density at radius 3 is 3.05 bits per heavy atom. The van der Waals surface area contributed by atoms with E-state index < -0.39 is 5.97 Å². The van der Waals surface area contributed by atoms with Crippen molar-refractivity contribution in [2.75, 3.05) is 0 Å². The van der Waals surface area contributed by atoms with Crippen molar-refractivity contribution in [3.05, 3.63) is 46.8 Å². The number of carbonyl (C=O) groups is 1. The first-order valence-corrected chi connectivity index (χ1v) is 6.60. The van der Waals surface area contributed by atoms with Crippen molar-refractivity contribution in [3.63, 3.8) is 0 Å². The van der Waals surface area contributed by atoms with Gasteiger partial charge in [0.05, 0.1) is 29.5 Å². The SMILES string of the molecule is O=C(O)Cc1cn(-c2cccc3cc(Br)cnc23)nn1. The van der Waals surface area contributed by atoms with E-state index in [1.165, 1.54) is 0 Å². The third kappa shape index (κ3) is 2.39. The molecule has 0 fully saturated rings. The average Bonchev–Trinajstić information content (AvgIpc) is 2.85. The zero-order valence-electron chi connectivity index (χ0n) is 10.2. The molecule has 0 spiro atoms. The summed E-state index contributed by atoms with van der Waals surface area (Å²) in [5, 5.41) is 17.5. The Bertz CT molecular complexity index is 800. The maximum absolute atomic E-state index is 10.7. The van der Waals surface area contributed by atoms with Crippen LogP contribution in [0, 0.1) is 0 Å². The van der Waals surface area contributed by atoms with Crippen LogP contribution in [0.25, 0.3) is 16.6 Å². The van der Waals surface area contributed by atoms with Crippen LogP contribution >= 0.6 is 15.9 Å². The van der Waals surface area contributed by atoms with Crippen LogP contribution in [-0.4, -0.2) is 31.1 Å². The molecule has 0 saturated heterocycles. The van der Waals surface area contributed by atoms with Crippen molar-refractivity contribution < 1.29 is 9.90 Å². The van der Waals surface area contributed by atoms with Crippen LogP contribution < -0.4 is 0 Å². The number of aromatic nitrogens is 4. The van der Waals surface area contributed by atoms with Crippen LogP contribution in [0.1, 0.15) is 5.69 Å². The van der Waals surface area contributed by atoms with Gasteiger partial charge in [-0.1, -0.05) is 17.3 Å². The van der Waals surface area contributed by atoms with E-state index in [2.05, 4.69) is 31.2 Å². The topological polar surface area (TPSA) is 80.9 Å². The third-order valence-electron chi connectivity index (χ3n) is 2.78. The predicted octanol–water partition coefficient (Wildman–Crippen LogP) is 2.21. The Morgan fingerprint density at radius 1 is 1.40 bits per heavy atom. The molecule has 6 nitrogen and oxygen atoms in total. The number of hydrogen-bond donors (Lipinski definition) is 1. The van der Waals surface area contributed by atoms with E-state index in [4.69, 9.17) is 5.11 Å². The minimum absolute atomic E-state index is 0.149. The summed E-state index contributed by atoms with van der Waals surface area (Å²) in [6, 6.07) is 7.67. The highest BCUT2D eigenvalue weighted by atomic mass is 79.9. The van der Waals surface area contributed by atoms with Crippen LogP contribution in [-0.2, 0) is 11.2 Å². The summed E-state index contributed by atoms with van der Waals surface area (Å²) in [5.41, 5.74) is 1.95. The van der Waals surface area contributed by atoms with Crippen molar-refractivity contribution in [1.82, 2.24) is 20.0 Å². The molecule has 0 aliphatic heterocycles. The Morgan fingerprint density at radius 2 is 2.25 bits per heavy atom. The van der Waals surface area contributed by atoms with Gasteiger partial charge < -0.3 is 5.11 Å². The molecule has 1 aromatic carbocycles. The largest absolute Gasteiger partial charge is 0.481 e. The number of nitrogens with zero attached hydrogens (tertiary/aromatic N) is 4. The third-order valence-corrected chi connectivity index (χ3v) is 3.21. The zero-order valence-corrected chi connectivity index (χ0v) is 11.8. The quantitative estimate of drug-likeness (QED) is 0.795. The first kappa shape index (κ1) is 12.7. The molecule has 0 unspecified atom stereocenters. The van der Waals surface area contributed by atoms with Gasteiger partial charge in [0.25, 0.3) is 0 Å². The van der Waals surface area contributed by atoms with Crippen LogP contribution in [0.15, 0.2) is 41.1 Å². The van der Waals surface area contributed by atoms with Gasteiger partial charge in [-0.3, -0.25) is 9.78 Å². The Kier molecular flexibility index (Phi) is 3.19. The molecule has 2 heterocycles. The van der Waals surface area contributed by atoms with Crippen molar-refractivity contribution >= 4 is 32.8 Å². The summed E-state index contributed by atoms with van der Waals surface area (Å²) < 4.78 is 2.44. The van der Waals surface area contributed by atoms with E-state index in [0.29, 0.717) is 5.69 Å². The molecule has 3 rings (SSSR count). The number of hydrogen-bond acceptors (Lipinski definition) is 4. The number of fused-ring (bicyclic) bond motifs is 1. The van der Waals surface area contributed by atoms with Gasteiger partial charge >= 0.3 is 5.97 Å². The highest BCUT2D eigenvalue weighted by Gasteiger charge is 2.10. The summed E-state index contributed by atoms with van der Waals surface area (Å²) in [6.45, 7) is 0. The van der Waals surface area contributed by atoms with Gasteiger partial charge in [-0.05, 0) is 28.1 Å². The summed E-state index contributed by atoms with van der Waals surface area (Å²) >= 11 is 3.38. The first-order valence-electron chi connectivity index (χ1n) is 5.81. The first-order chi connectivity index (χ1) is 9.63. The van der Waals surface area contributed by atoms with Crippen LogP contribution in [0.3, 0.4) is 0 Å². The Balaban J connectivity index is 2.10. The molecule has 0 amide bonds. The lowest BCUT2D eigenvalue weighted by Gasteiger charge is -2.04. The second kappa shape index (κ2) is 5.01. The lowest BCUT2D eigenvalue weighted by molar-refractivity contribution is -0.136. The minimum atomic E-state index is -0.933. The van der Waals surface area contributed by atoms with E-state index in [1.54, 1.807) is 17.1 Å². The molecule has 0 radical (unpaired) electrons. The molecule has 20 heavy (non-hydrogen) atoms. The smallest absolute Gasteiger partial charge is 0.309 e. The minimum Gasteiger partial charge on any atom is -0.481 e. The molecule has 0 bridgehead atoms. The van der Waals surface area contributed by atoms with Gasteiger partial charge in [-0.15, -0.1) is 5.10 Å². The van der Waals surface area contributed by atoms with Gasteiger partial charge in [-0.2, -0.15) is 0 Å². The van der Waals surface area contributed by atoms with E-state index in [0.717, 1.165) is 21.1 Å². The number of para-hydroxylation sites is 1. The number of pyridine rings is 1.